The number of likely N-dealkylation sites (tertiary alicyclic amines) is 1. The molecular formula is C19H24ClN3O4. The molecule has 0 bridgehead atoms. The molecule has 4 rings (SSSR count). The predicted octanol–water partition coefficient (Wildman–Crippen LogP) is 1.10. The number of hydrogen-bond acceptors (Lipinski definition) is 6. The van der Waals surface area contributed by atoms with Crippen LogP contribution in [0.25, 0.3) is 11.0 Å². The summed E-state index contributed by atoms with van der Waals surface area (Å²) in [6.07, 6.45) is 1.02. The van der Waals surface area contributed by atoms with Gasteiger partial charge in [0.2, 0.25) is 0 Å². The maximum atomic E-state index is 12.5. The quantitative estimate of drug-likeness (QED) is 0.784. The summed E-state index contributed by atoms with van der Waals surface area (Å²) in [6, 6.07) is 8.79. The molecule has 1 aromatic carbocycles. The Morgan fingerprint density at radius 1 is 1.19 bits per heavy atom. The molecule has 8 heteroatoms. The molecule has 1 aromatic heterocycles. The molecule has 1 amide bonds. The van der Waals surface area contributed by atoms with Crippen LogP contribution in [0.4, 0.5) is 0 Å². The number of hydrogen-bond donors (Lipinski definition) is 1. The smallest absolute Gasteiger partial charge is 0.336 e. The van der Waals surface area contributed by atoms with E-state index in [2.05, 4.69) is 10.2 Å². The molecule has 1 atom stereocenters. The van der Waals surface area contributed by atoms with Gasteiger partial charge < -0.3 is 19.4 Å². The largest absolute Gasteiger partial charge is 0.484 e. The van der Waals surface area contributed by atoms with E-state index in [1.165, 1.54) is 6.07 Å². The van der Waals surface area contributed by atoms with Crippen LogP contribution in [0.5, 0.6) is 5.75 Å². The van der Waals surface area contributed by atoms with E-state index in [1.807, 2.05) is 11.0 Å². The third-order valence-corrected chi connectivity index (χ3v) is 5.14. The number of carbonyl (C=O) groups excluding carboxylic acids is 1. The Labute approximate surface area is 163 Å². The number of ether oxygens (including phenoxy) is 1. The Morgan fingerprint density at radius 3 is 2.78 bits per heavy atom. The molecule has 146 valence electrons. The monoisotopic (exact) mass is 393 g/mol. The number of piperazine rings is 1. The average molecular weight is 394 g/mol. The third kappa shape index (κ3) is 4.61. The van der Waals surface area contributed by atoms with Gasteiger partial charge in [-0.1, -0.05) is 0 Å². The zero-order valence-corrected chi connectivity index (χ0v) is 15.9. The van der Waals surface area contributed by atoms with Crippen LogP contribution in [0.3, 0.4) is 0 Å². The summed E-state index contributed by atoms with van der Waals surface area (Å²) in [6.45, 7) is 5.68. The molecule has 2 aliphatic rings. The molecule has 0 aliphatic carbocycles. The predicted molar refractivity (Wildman–Crippen MR) is 105 cm³/mol. The number of nitrogens with one attached hydrogen (secondary N) is 1. The highest BCUT2D eigenvalue weighted by atomic mass is 35.5. The van der Waals surface area contributed by atoms with Crippen LogP contribution in [0.1, 0.15) is 6.42 Å². The fourth-order valence-electron chi connectivity index (χ4n) is 3.68. The normalized spacial score (nSPS) is 20.4. The van der Waals surface area contributed by atoms with Crippen LogP contribution in [-0.2, 0) is 4.79 Å². The van der Waals surface area contributed by atoms with E-state index in [1.54, 1.807) is 18.2 Å². The molecule has 1 unspecified atom stereocenters. The van der Waals surface area contributed by atoms with Crippen molar-refractivity contribution >= 4 is 29.3 Å². The van der Waals surface area contributed by atoms with Crippen LogP contribution in [0.15, 0.2) is 39.5 Å². The van der Waals surface area contributed by atoms with E-state index in [-0.39, 0.29) is 24.9 Å². The van der Waals surface area contributed by atoms with Crippen molar-refractivity contribution in [2.75, 3.05) is 45.9 Å². The van der Waals surface area contributed by atoms with Crippen molar-refractivity contribution < 1.29 is 13.9 Å². The summed E-state index contributed by atoms with van der Waals surface area (Å²) < 4.78 is 10.8. The molecular weight excluding hydrogens is 370 g/mol. The number of benzene rings is 1. The first kappa shape index (κ1) is 19.7. The first-order valence-electron chi connectivity index (χ1n) is 9.08. The van der Waals surface area contributed by atoms with Crippen molar-refractivity contribution in [1.82, 2.24) is 15.1 Å². The minimum Gasteiger partial charge on any atom is -0.484 e. The van der Waals surface area contributed by atoms with E-state index < -0.39 is 5.63 Å². The molecule has 0 saturated carbocycles. The van der Waals surface area contributed by atoms with Crippen molar-refractivity contribution in [2.24, 2.45) is 0 Å². The molecule has 7 nitrogen and oxygen atoms in total. The lowest BCUT2D eigenvalue weighted by atomic mass is 10.2. The van der Waals surface area contributed by atoms with Crippen molar-refractivity contribution in [1.29, 1.82) is 0 Å². The first-order valence-corrected chi connectivity index (χ1v) is 9.08. The molecule has 2 fully saturated rings. The second-order valence-electron chi connectivity index (χ2n) is 6.81. The van der Waals surface area contributed by atoms with Gasteiger partial charge in [-0.15, -0.1) is 12.4 Å². The Kier molecular flexibility index (Phi) is 6.36. The van der Waals surface area contributed by atoms with Crippen molar-refractivity contribution in [3.8, 4) is 5.75 Å². The van der Waals surface area contributed by atoms with Crippen LogP contribution >= 0.6 is 12.4 Å². The highest BCUT2D eigenvalue weighted by molar-refractivity contribution is 5.85. The Hall–Kier alpha value is -2.09. The molecule has 2 aliphatic heterocycles. The van der Waals surface area contributed by atoms with E-state index in [0.717, 1.165) is 51.1 Å². The summed E-state index contributed by atoms with van der Waals surface area (Å²) in [5.41, 5.74) is 0.0594. The lowest BCUT2D eigenvalue weighted by Crippen LogP contribution is -2.49. The standard InChI is InChI=1S/C19H23N3O4.ClH/c23-18(22-8-5-15(12-22)21-9-6-20-7-10-21)13-25-16-3-1-14-2-4-19(24)26-17(14)11-16;/h1-4,11,15,20H,5-10,12-13H2;1H. The molecule has 2 saturated heterocycles. The van der Waals surface area contributed by atoms with Gasteiger partial charge in [-0.3, -0.25) is 9.69 Å². The van der Waals surface area contributed by atoms with Crippen LogP contribution in [0.2, 0.25) is 0 Å². The zero-order valence-electron chi connectivity index (χ0n) is 15.1. The van der Waals surface area contributed by atoms with Gasteiger partial charge in [0.25, 0.3) is 5.91 Å². The molecule has 3 heterocycles. The SMILES string of the molecule is Cl.O=C(COc1ccc2ccc(=O)oc2c1)N1CCC(N2CCNCC2)C1. The maximum Gasteiger partial charge on any atom is 0.336 e. The van der Waals surface area contributed by atoms with Crippen LogP contribution < -0.4 is 15.7 Å². The lowest BCUT2D eigenvalue weighted by Gasteiger charge is -2.32. The summed E-state index contributed by atoms with van der Waals surface area (Å²) >= 11 is 0. The van der Waals surface area contributed by atoms with Gasteiger partial charge in [-0.2, -0.15) is 0 Å². The summed E-state index contributed by atoms with van der Waals surface area (Å²) in [5.74, 6) is 0.523. The fourth-order valence-corrected chi connectivity index (χ4v) is 3.68. The Balaban J connectivity index is 0.00000210. The topological polar surface area (TPSA) is 75.0 Å². The maximum absolute atomic E-state index is 12.5. The first-order chi connectivity index (χ1) is 12.7. The molecule has 0 radical (unpaired) electrons. The minimum atomic E-state index is -0.401. The molecule has 1 N–H and O–H groups in total. The number of fused-ring (bicyclic) bond motifs is 1. The number of rotatable bonds is 4. The number of nitrogens with zero attached hydrogens (tertiary/aromatic N) is 2. The third-order valence-electron chi connectivity index (χ3n) is 5.14. The number of halogens is 1. The summed E-state index contributed by atoms with van der Waals surface area (Å²) in [4.78, 5) is 28.1. The molecule has 2 aromatic rings. The van der Waals surface area contributed by atoms with Crippen molar-refractivity contribution in [3.05, 3.63) is 40.8 Å². The van der Waals surface area contributed by atoms with E-state index in [0.29, 0.717) is 17.4 Å². The van der Waals surface area contributed by atoms with Crippen LogP contribution in [0, 0.1) is 0 Å². The number of amides is 1. The summed E-state index contributed by atoms with van der Waals surface area (Å²) in [5, 5.41) is 4.18. The van der Waals surface area contributed by atoms with E-state index in [4.69, 9.17) is 9.15 Å². The van der Waals surface area contributed by atoms with E-state index >= 15 is 0 Å². The van der Waals surface area contributed by atoms with Gasteiger partial charge in [0, 0.05) is 62.8 Å². The van der Waals surface area contributed by atoms with Gasteiger partial charge in [0.15, 0.2) is 6.61 Å². The molecule has 27 heavy (non-hydrogen) atoms. The summed E-state index contributed by atoms with van der Waals surface area (Å²) in [7, 11) is 0. The van der Waals surface area contributed by atoms with Gasteiger partial charge in [-0.25, -0.2) is 4.79 Å². The highest BCUT2D eigenvalue weighted by Gasteiger charge is 2.30. The van der Waals surface area contributed by atoms with Crippen molar-refractivity contribution in [2.45, 2.75) is 12.5 Å². The van der Waals surface area contributed by atoms with Gasteiger partial charge in [0.1, 0.15) is 11.3 Å². The average Bonchev–Trinajstić information content (AvgIpc) is 3.17. The van der Waals surface area contributed by atoms with Crippen LogP contribution in [-0.4, -0.2) is 67.6 Å². The van der Waals surface area contributed by atoms with Gasteiger partial charge >= 0.3 is 5.63 Å². The second-order valence-corrected chi connectivity index (χ2v) is 6.81. The van der Waals surface area contributed by atoms with Gasteiger partial charge in [0.05, 0.1) is 0 Å². The van der Waals surface area contributed by atoms with Gasteiger partial charge in [-0.05, 0) is 24.6 Å². The van der Waals surface area contributed by atoms with E-state index in [9.17, 15) is 9.59 Å². The molecule has 0 spiro atoms. The Bertz CT molecular complexity index is 850. The van der Waals surface area contributed by atoms with Crippen molar-refractivity contribution in [3.63, 3.8) is 0 Å². The Morgan fingerprint density at radius 2 is 1.96 bits per heavy atom. The number of carbonyl (C=O) groups is 1. The zero-order chi connectivity index (χ0) is 17.9. The highest BCUT2D eigenvalue weighted by Crippen LogP contribution is 2.20. The fraction of sp³-hybridized carbons (Fsp3) is 0.474. The minimum absolute atomic E-state index is 0. The second kappa shape index (κ2) is 8.73. The lowest BCUT2D eigenvalue weighted by molar-refractivity contribution is -0.132.